The van der Waals surface area contributed by atoms with Crippen LogP contribution in [0.5, 0.6) is 0 Å². The lowest BCUT2D eigenvalue weighted by Crippen LogP contribution is -2.31. The predicted octanol–water partition coefficient (Wildman–Crippen LogP) is 3.09. The standard InChI is InChI=1S/C18H18ClN5/c1-23-16(6-8-21-23)12-24-9-7-17-14(11-24)10-20-18(22-17)13-2-4-15(19)5-3-13/h2-6,8,10H,7,9,11-12H2,1H3. The highest BCUT2D eigenvalue weighted by molar-refractivity contribution is 6.30. The number of hydrogen-bond acceptors (Lipinski definition) is 4. The highest BCUT2D eigenvalue weighted by Crippen LogP contribution is 2.23. The lowest BCUT2D eigenvalue weighted by Gasteiger charge is -2.27. The molecule has 5 nitrogen and oxygen atoms in total. The van der Waals surface area contributed by atoms with E-state index in [1.165, 1.54) is 11.3 Å². The summed E-state index contributed by atoms with van der Waals surface area (Å²) in [6, 6.07) is 9.73. The molecule has 0 amide bonds. The fraction of sp³-hybridized carbons (Fsp3) is 0.278. The normalized spacial score (nSPS) is 14.6. The van der Waals surface area contributed by atoms with Crippen molar-refractivity contribution in [2.45, 2.75) is 19.5 Å². The maximum absolute atomic E-state index is 5.95. The summed E-state index contributed by atoms with van der Waals surface area (Å²) in [5.41, 5.74) is 4.58. The number of aromatic nitrogens is 4. The van der Waals surface area contributed by atoms with Crippen molar-refractivity contribution >= 4 is 11.6 Å². The van der Waals surface area contributed by atoms with E-state index < -0.39 is 0 Å². The van der Waals surface area contributed by atoms with Crippen LogP contribution in [0.1, 0.15) is 17.0 Å². The van der Waals surface area contributed by atoms with Gasteiger partial charge in [-0.2, -0.15) is 5.10 Å². The fourth-order valence-corrected chi connectivity index (χ4v) is 3.16. The first-order valence-electron chi connectivity index (χ1n) is 7.99. The SMILES string of the molecule is Cn1nccc1CN1CCc2nc(-c3ccc(Cl)cc3)ncc2C1. The first-order valence-corrected chi connectivity index (χ1v) is 8.37. The topological polar surface area (TPSA) is 46.8 Å². The van der Waals surface area contributed by atoms with Gasteiger partial charge in [-0.3, -0.25) is 9.58 Å². The van der Waals surface area contributed by atoms with Crippen molar-refractivity contribution in [2.24, 2.45) is 7.05 Å². The Bertz CT molecular complexity index is 856. The van der Waals surface area contributed by atoms with E-state index in [0.29, 0.717) is 0 Å². The molecule has 0 unspecified atom stereocenters. The van der Waals surface area contributed by atoms with Crippen LogP contribution >= 0.6 is 11.6 Å². The molecule has 0 aliphatic carbocycles. The minimum Gasteiger partial charge on any atom is -0.293 e. The number of aryl methyl sites for hydroxylation is 1. The molecule has 0 saturated carbocycles. The number of benzene rings is 1. The van der Waals surface area contributed by atoms with Crippen molar-refractivity contribution in [1.82, 2.24) is 24.6 Å². The zero-order valence-electron chi connectivity index (χ0n) is 13.5. The van der Waals surface area contributed by atoms with E-state index in [1.807, 2.05) is 48.4 Å². The summed E-state index contributed by atoms with van der Waals surface area (Å²) in [5, 5.41) is 4.96. The minimum atomic E-state index is 0.725. The molecule has 0 spiro atoms. The Morgan fingerprint density at radius 1 is 1.17 bits per heavy atom. The van der Waals surface area contributed by atoms with E-state index in [9.17, 15) is 0 Å². The van der Waals surface area contributed by atoms with Crippen LogP contribution in [0.3, 0.4) is 0 Å². The summed E-state index contributed by atoms with van der Waals surface area (Å²) in [4.78, 5) is 11.7. The quantitative estimate of drug-likeness (QED) is 0.735. The van der Waals surface area contributed by atoms with E-state index in [-0.39, 0.29) is 0 Å². The van der Waals surface area contributed by atoms with Gasteiger partial charge in [-0.25, -0.2) is 9.97 Å². The zero-order valence-corrected chi connectivity index (χ0v) is 14.2. The highest BCUT2D eigenvalue weighted by atomic mass is 35.5. The Balaban J connectivity index is 1.53. The van der Waals surface area contributed by atoms with Crippen LogP contribution in [0.15, 0.2) is 42.7 Å². The molecular formula is C18H18ClN5. The molecule has 3 heterocycles. The van der Waals surface area contributed by atoms with Crippen LogP contribution in [-0.4, -0.2) is 31.2 Å². The molecule has 0 atom stereocenters. The Kier molecular flexibility index (Phi) is 4.04. The van der Waals surface area contributed by atoms with Gasteiger partial charge in [0.15, 0.2) is 5.82 Å². The van der Waals surface area contributed by atoms with Crippen molar-refractivity contribution in [3.05, 3.63) is 64.7 Å². The monoisotopic (exact) mass is 339 g/mol. The van der Waals surface area contributed by atoms with Gasteiger partial charge in [-0.15, -0.1) is 0 Å². The average molecular weight is 340 g/mol. The number of nitrogens with zero attached hydrogens (tertiary/aromatic N) is 5. The van der Waals surface area contributed by atoms with Crippen LogP contribution in [0.4, 0.5) is 0 Å². The molecule has 0 saturated heterocycles. The summed E-state index contributed by atoms with van der Waals surface area (Å²) in [5.74, 6) is 0.769. The molecule has 4 rings (SSSR count). The largest absolute Gasteiger partial charge is 0.293 e. The van der Waals surface area contributed by atoms with Gasteiger partial charge in [0, 0.05) is 61.6 Å². The summed E-state index contributed by atoms with van der Waals surface area (Å²) in [6.07, 6.45) is 4.74. The summed E-state index contributed by atoms with van der Waals surface area (Å²) in [6.45, 7) is 2.77. The van der Waals surface area contributed by atoms with Crippen molar-refractivity contribution in [3.63, 3.8) is 0 Å². The van der Waals surface area contributed by atoms with Gasteiger partial charge >= 0.3 is 0 Å². The molecule has 0 N–H and O–H groups in total. The predicted molar refractivity (Wildman–Crippen MR) is 93.5 cm³/mol. The van der Waals surface area contributed by atoms with E-state index >= 15 is 0 Å². The van der Waals surface area contributed by atoms with E-state index in [2.05, 4.69) is 21.0 Å². The molecule has 122 valence electrons. The number of fused-ring (bicyclic) bond motifs is 1. The third-order valence-corrected chi connectivity index (χ3v) is 4.68. The van der Waals surface area contributed by atoms with E-state index in [0.717, 1.165) is 48.2 Å². The second-order valence-electron chi connectivity index (χ2n) is 6.08. The number of rotatable bonds is 3. The van der Waals surface area contributed by atoms with Gasteiger partial charge in [-0.05, 0) is 30.3 Å². The summed E-state index contributed by atoms with van der Waals surface area (Å²) < 4.78 is 1.93. The highest BCUT2D eigenvalue weighted by Gasteiger charge is 2.19. The molecule has 0 bridgehead atoms. The molecule has 0 radical (unpaired) electrons. The molecule has 1 aliphatic heterocycles. The van der Waals surface area contributed by atoms with Gasteiger partial charge < -0.3 is 0 Å². The van der Waals surface area contributed by atoms with Gasteiger partial charge in [0.1, 0.15) is 0 Å². The lowest BCUT2D eigenvalue weighted by molar-refractivity contribution is 0.236. The van der Waals surface area contributed by atoms with Crippen molar-refractivity contribution < 1.29 is 0 Å². The van der Waals surface area contributed by atoms with Crippen molar-refractivity contribution in [2.75, 3.05) is 6.54 Å². The molecule has 0 fully saturated rings. The maximum atomic E-state index is 5.95. The molecular weight excluding hydrogens is 322 g/mol. The summed E-state index contributed by atoms with van der Waals surface area (Å²) in [7, 11) is 1.98. The first-order chi connectivity index (χ1) is 11.7. The zero-order chi connectivity index (χ0) is 16.5. The third-order valence-electron chi connectivity index (χ3n) is 4.42. The van der Waals surface area contributed by atoms with Crippen LogP contribution in [0, 0.1) is 0 Å². The summed E-state index contributed by atoms with van der Waals surface area (Å²) >= 11 is 5.95. The molecule has 1 aliphatic rings. The first kappa shape index (κ1) is 15.3. The smallest absolute Gasteiger partial charge is 0.159 e. The van der Waals surface area contributed by atoms with Gasteiger partial charge in [0.05, 0.1) is 11.4 Å². The number of hydrogen-bond donors (Lipinski definition) is 0. The van der Waals surface area contributed by atoms with E-state index in [4.69, 9.17) is 16.6 Å². The Morgan fingerprint density at radius 3 is 2.75 bits per heavy atom. The van der Waals surface area contributed by atoms with Crippen LogP contribution in [-0.2, 0) is 26.6 Å². The molecule has 2 aromatic heterocycles. The van der Waals surface area contributed by atoms with Crippen LogP contribution in [0.2, 0.25) is 5.02 Å². The maximum Gasteiger partial charge on any atom is 0.159 e. The fourth-order valence-electron chi connectivity index (χ4n) is 3.03. The van der Waals surface area contributed by atoms with Crippen LogP contribution < -0.4 is 0 Å². The van der Waals surface area contributed by atoms with Crippen molar-refractivity contribution in [3.8, 4) is 11.4 Å². The molecule has 1 aromatic carbocycles. The van der Waals surface area contributed by atoms with Crippen LogP contribution in [0.25, 0.3) is 11.4 Å². The lowest BCUT2D eigenvalue weighted by atomic mass is 10.1. The van der Waals surface area contributed by atoms with Gasteiger partial charge in [-0.1, -0.05) is 11.6 Å². The van der Waals surface area contributed by atoms with Crippen molar-refractivity contribution in [1.29, 1.82) is 0 Å². The molecule has 3 aromatic rings. The molecule has 6 heteroatoms. The third kappa shape index (κ3) is 3.05. The average Bonchev–Trinajstić information content (AvgIpc) is 3.00. The van der Waals surface area contributed by atoms with E-state index in [1.54, 1.807) is 0 Å². The Morgan fingerprint density at radius 2 is 2.00 bits per heavy atom. The number of halogens is 1. The minimum absolute atomic E-state index is 0.725. The van der Waals surface area contributed by atoms with Gasteiger partial charge in [0.2, 0.25) is 0 Å². The Labute approximate surface area is 145 Å². The Hall–Kier alpha value is -2.24. The second kappa shape index (κ2) is 6.34. The molecule has 24 heavy (non-hydrogen) atoms. The second-order valence-corrected chi connectivity index (χ2v) is 6.52. The van der Waals surface area contributed by atoms with Gasteiger partial charge in [0.25, 0.3) is 0 Å².